The van der Waals surface area contributed by atoms with E-state index in [1.54, 1.807) is 18.4 Å². The molecule has 1 amide bonds. The van der Waals surface area contributed by atoms with Crippen LogP contribution in [0.15, 0.2) is 77.7 Å². The number of carbonyl (C=O) groups is 1. The lowest BCUT2D eigenvalue weighted by Crippen LogP contribution is -2.13. The number of para-hydroxylation sites is 1. The molecule has 1 N–H and O–H groups in total. The number of amides is 1. The molecule has 0 saturated heterocycles. The largest absolute Gasteiger partial charge is 0.321 e. The van der Waals surface area contributed by atoms with Crippen molar-refractivity contribution in [2.24, 2.45) is 0 Å². The highest BCUT2D eigenvalue weighted by Gasteiger charge is 2.18. The van der Waals surface area contributed by atoms with Crippen LogP contribution in [-0.4, -0.2) is 17.1 Å². The summed E-state index contributed by atoms with van der Waals surface area (Å²) in [5.74, 6) is -0.385. The van der Waals surface area contributed by atoms with Gasteiger partial charge in [0, 0.05) is 22.9 Å². The average Bonchev–Trinajstić information content (AvgIpc) is 2.68. The normalized spacial score (nSPS) is 10.3. The van der Waals surface area contributed by atoms with E-state index in [9.17, 15) is 14.9 Å². The van der Waals surface area contributed by atoms with Crippen LogP contribution in [0.4, 0.5) is 11.4 Å². The lowest BCUT2D eigenvalue weighted by atomic mass is 10.0. The van der Waals surface area contributed by atoms with E-state index in [1.807, 2.05) is 54.6 Å². The maximum Gasteiger partial charge on any atom is 0.283 e. The van der Waals surface area contributed by atoms with Crippen LogP contribution in [0.5, 0.6) is 0 Å². The van der Waals surface area contributed by atoms with Crippen molar-refractivity contribution in [1.82, 2.24) is 0 Å². The van der Waals surface area contributed by atoms with Gasteiger partial charge in [-0.3, -0.25) is 14.9 Å². The highest BCUT2D eigenvalue weighted by atomic mass is 32.2. The molecule has 0 unspecified atom stereocenters. The molecule has 3 rings (SSSR count). The Balaban J connectivity index is 1.92. The number of rotatable bonds is 5. The number of nitro benzene ring substituents is 1. The van der Waals surface area contributed by atoms with E-state index in [4.69, 9.17) is 0 Å². The molecule has 0 aromatic heterocycles. The zero-order chi connectivity index (χ0) is 18.5. The molecule has 0 atom stereocenters. The zero-order valence-electron chi connectivity index (χ0n) is 14.0. The molecule has 26 heavy (non-hydrogen) atoms. The Kier molecular flexibility index (Phi) is 5.34. The second-order valence-corrected chi connectivity index (χ2v) is 6.36. The van der Waals surface area contributed by atoms with E-state index in [0.717, 1.165) is 11.1 Å². The maximum atomic E-state index is 12.6. The lowest BCUT2D eigenvalue weighted by Gasteiger charge is -2.11. The monoisotopic (exact) mass is 364 g/mol. The number of nitro groups is 1. The summed E-state index contributed by atoms with van der Waals surface area (Å²) in [5, 5.41) is 14.1. The van der Waals surface area contributed by atoms with Gasteiger partial charge in [0.05, 0.1) is 9.82 Å². The van der Waals surface area contributed by atoms with Crippen LogP contribution in [0.3, 0.4) is 0 Å². The topological polar surface area (TPSA) is 72.2 Å². The van der Waals surface area contributed by atoms with Crippen LogP contribution in [0.2, 0.25) is 0 Å². The second-order valence-electron chi connectivity index (χ2n) is 5.51. The fraction of sp³-hybridized carbons (Fsp3) is 0.0500. The third kappa shape index (κ3) is 3.75. The minimum atomic E-state index is -0.472. The molecule has 3 aromatic rings. The molecule has 0 aliphatic heterocycles. The molecule has 0 radical (unpaired) electrons. The molecule has 3 aromatic carbocycles. The van der Waals surface area contributed by atoms with Gasteiger partial charge in [-0.15, -0.1) is 11.8 Å². The quantitative estimate of drug-likeness (QED) is 0.382. The standard InChI is InChI=1S/C20H16N2O3S/c1-26-19-12-11-15(13-18(19)22(24)25)20(23)21-17-10-6-5-9-16(17)14-7-3-2-4-8-14/h2-13H,1H3,(H,21,23). The molecule has 130 valence electrons. The fourth-order valence-electron chi connectivity index (χ4n) is 2.63. The minimum absolute atomic E-state index is 0.0681. The van der Waals surface area contributed by atoms with Crippen molar-refractivity contribution in [2.75, 3.05) is 11.6 Å². The summed E-state index contributed by atoms with van der Waals surface area (Å²) in [4.78, 5) is 23.9. The zero-order valence-corrected chi connectivity index (χ0v) is 14.8. The number of nitrogens with one attached hydrogen (secondary N) is 1. The summed E-state index contributed by atoms with van der Waals surface area (Å²) >= 11 is 1.27. The van der Waals surface area contributed by atoms with E-state index in [2.05, 4.69) is 5.32 Å². The van der Waals surface area contributed by atoms with Crippen LogP contribution in [-0.2, 0) is 0 Å². The molecule has 0 saturated carbocycles. The smallest absolute Gasteiger partial charge is 0.283 e. The summed E-state index contributed by atoms with van der Waals surface area (Å²) in [5.41, 5.74) is 2.70. The first kappa shape index (κ1) is 17.7. The first-order valence-corrected chi connectivity index (χ1v) is 9.11. The van der Waals surface area contributed by atoms with Crippen molar-refractivity contribution in [3.63, 3.8) is 0 Å². The first-order chi connectivity index (χ1) is 12.6. The summed E-state index contributed by atoms with van der Waals surface area (Å²) in [6, 6.07) is 21.7. The molecule has 5 nitrogen and oxygen atoms in total. The van der Waals surface area contributed by atoms with Gasteiger partial charge < -0.3 is 5.32 Å². The fourth-order valence-corrected chi connectivity index (χ4v) is 3.18. The highest BCUT2D eigenvalue weighted by Crippen LogP contribution is 2.30. The van der Waals surface area contributed by atoms with Crippen molar-refractivity contribution >= 4 is 29.0 Å². The number of thioether (sulfide) groups is 1. The number of carbonyl (C=O) groups excluding carboxylic acids is 1. The Bertz CT molecular complexity index is 958. The van der Waals surface area contributed by atoms with Crippen LogP contribution in [0.1, 0.15) is 10.4 Å². The van der Waals surface area contributed by atoms with Gasteiger partial charge in [0.15, 0.2) is 0 Å². The molecular weight excluding hydrogens is 348 g/mol. The van der Waals surface area contributed by atoms with Gasteiger partial charge >= 0.3 is 0 Å². The van der Waals surface area contributed by atoms with Gasteiger partial charge in [-0.1, -0.05) is 48.5 Å². The molecule has 0 fully saturated rings. The Labute approximate surface area is 155 Å². The van der Waals surface area contributed by atoms with Crippen molar-refractivity contribution in [1.29, 1.82) is 0 Å². The second kappa shape index (κ2) is 7.84. The third-order valence-electron chi connectivity index (χ3n) is 3.90. The number of nitrogens with zero attached hydrogens (tertiary/aromatic N) is 1. The average molecular weight is 364 g/mol. The highest BCUT2D eigenvalue weighted by molar-refractivity contribution is 7.98. The van der Waals surface area contributed by atoms with Crippen LogP contribution < -0.4 is 5.32 Å². The van der Waals surface area contributed by atoms with E-state index in [1.165, 1.54) is 17.8 Å². The number of hydrogen-bond acceptors (Lipinski definition) is 4. The maximum absolute atomic E-state index is 12.6. The van der Waals surface area contributed by atoms with Gasteiger partial charge in [-0.05, 0) is 30.0 Å². The molecule has 0 bridgehead atoms. The molecule has 0 aliphatic carbocycles. The number of hydrogen-bond donors (Lipinski definition) is 1. The third-order valence-corrected chi connectivity index (χ3v) is 4.68. The van der Waals surface area contributed by atoms with Crippen molar-refractivity contribution < 1.29 is 9.72 Å². The van der Waals surface area contributed by atoms with Crippen molar-refractivity contribution in [3.8, 4) is 11.1 Å². The first-order valence-electron chi connectivity index (χ1n) is 7.88. The predicted octanol–water partition coefficient (Wildman–Crippen LogP) is 5.24. The number of benzene rings is 3. The summed E-state index contributed by atoms with van der Waals surface area (Å²) in [6.07, 6.45) is 1.76. The Morgan fingerprint density at radius 3 is 2.38 bits per heavy atom. The predicted molar refractivity (Wildman–Crippen MR) is 105 cm³/mol. The minimum Gasteiger partial charge on any atom is -0.321 e. The van der Waals surface area contributed by atoms with Gasteiger partial charge in [0.25, 0.3) is 11.6 Å². The summed E-state index contributed by atoms with van der Waals surface area (Å²) < 4.78 is 0. The molecule has 0 aliphatic rings. The van der Waals surface area contributed by atoms with Gasteiger partial charge in [-0.25, -0.2) is 0 Å². The molecule has 0 spiro atoms. The number of anilines is 1. The molecule has 0 heterocycles. The van der Waals surface area contributed by atoms with E-state index < -0.39 is 4.92 Å². The van der Waals surface area contributed by atoms with Gasteiger partial charge in [-0.2, -0.15) is 0 Å². The summed E-state index contributed by atoms with van der Waals surface area (Å²) in [7, 11) is 0. The van der Waals surface area contributed by atoms with Crippen LogP contribution >= 0.6 is 11.8 Å². The van der Waals surface area contributed by atoms with E-state index >= 15 is 0 Å². The Hall–Kier alpha value is -3.12. The van der Waals surface area contributed by atoms with E-state index in [0.29, 0.717) is 10.6 Å². The molecular formula is C20H16N2O3S. The van der Waals surface area contributed by atoms with Gasteiger partial charge in [0.1, 0.15) is 0 Å². The summed E-state index contributed by atoms with van der Waals surface area (Å²) in [6.45, 7) is 0. The lowest BCUT2D eigenvalue weighted by molar-refractivity contribution is -0.387. The van der Waals surface area contributed by atoms with Crippen LogP contribution in [0.25, 0.3) is 11.1 Å². The molecule has 6 heteroatoms. The van der Waals surface area contributed by atoms with Gasteiger partial charge in [0.2, 0.25) is 0 Å². The van der Waals surface area contributed by atoms with Crippen LogP contribution in [0, 0.1) is 10.1 Å². The SMILES string of the molecule is CSc1ccc(C(=O)Nc2ccccc2-c2ccccc2)cc1[N+](=O)[O-]. The Morgan fingerprint density at radius 2 is 1.69 bits per heavy atom. The Morgan fingerprint density at radius 1 is 1.00 bits per heavy atom. The van der Waals surface area contributed by atoms with E-state index in [-0.39, 0.29) is 17.2 Å². The van der Waals surface area contributed by atoms with Crippen molar-refractivity contribution in [3.05, 3.63) is 88.5 Å². The van der Waals surface area contributed by atoms with Crippen molar-refractivity contribution in [2.45, 2.75) is 4.90 Å².